The Labute approximate surface area is 122 Å². The molecule has 0 aromatic rings. The first-order chi connectivity index (χ1) is 9.29. The van der Waals surface area contributed by atoms with Crippen LogP contribution in [0.3, 0.4) is 0 Å². The summed E-state index contributed by atoms with van der Waals surface area (Å²) in [6, 6.07) is 0. The summed E-state index contributed by atoms with van der Waals surface area (Å²) >= 11 is 0. The van der Waals surface area contributed by atoms with E-state index >= 15 is 0 Å². The molecule has 0 unspecified atom stereocenters. The first kappa shape index (κ1) is 17.0. The van der Waals surface area contributed by atoms with Gasteiger partial charge in [-0.2, -0.15) is 0 Å². The van der Waals surface area contributed by atoms with E-state index in [1.807, 2.05) is 0 Å². The van der Waals surface area contributed by atoms with Crippen LogP contribution in [0.4, 0.5) is 0 Å². The fourth-order valence-corrected chi connectivity index (χ4v) is 3.13. The van der Waals surface area contributed by atoms with Crippen molar-refractivity contribution < 1.29 is 0 Å². The van der Waals surface area contributed by atoms with E-state index < -0.39 is 0 Å². The van der Waals surface area contributed by atoms with E-state index in [4.69, 9.17) is 0 Å². The molecular weight excluding hydrogens is 230 g/mol. The monoisotopic (exact) mass is 267 g/mol. The predicted molar refractivity (Wildman–Crippen MR) is 86.7 cm³/mol. The standard InChI is InChI=1S/C18H37N/c1-18(2)14-10-6-4-3-5-7-11-15-19-16-12-8-9-13-17-19/h18H,3-17H2,1-2H3. The van der Waals surface area contributed by atoms with Gasteiger partial charge in [-0.05, 0) is 44.8 Å². The maximum absolute atomic E-state index is 2.70. The van der Waals surface area contributed by atoms with Crippen molar-refractivity contribution in [3.63, 3.8) is 0 Å². The molecule has 0 N–H and O–H groups in total. The van der Waals surface area contributed by atoms with Crippen LogP contribution in [-0.2, 0) is 0 Å². The predicted octanol–water partition coefficient (Wildman–Crippen LogP) is 5.64. The van der Waals surface area contributed by atoms with E-state index in [-0.39, 0.29) is 0 Å². The van der Waals surface area contributed by atoms with Gasteiger partial charge in [-0.25, -0.2) is 0 Å². The number of rotatable bonds is 10. The van der Waals surface area contributed by atoms with E-state index in [1.54, 1.807) is 0 Å². The molecule has 1 nitrogen and oxygen atoms in total. The molecule has 0 radical (unpaired) electrons. The van der Waals surface area contributed by atoms with Crippen molar-refractivity contribution in [3.05, 3.63) is 0 Å². The Bertz CT molecular complexity index is 180. The van der Waals surface area contributed by atoms with Crippen molar-refractivity contribution in [2.24, 2.45) is 5.92 Å². The molecule has 0 bridgehead atoms. The zero-order valence-electron chi connectivity index (χ0n) is 13.6. The Hall–Kier alpha value is -0.0400. The number of hydrogen-bond donors (Lipinski definition) is 0. The van der Waals surface area contributed by atoms with E-state index in [2.05, 4.69) is 18.7 Å². The second-order valence-corrected chi connectivity index (χ2v) is 6.91. The van der Waals surface area contributed by atoms with Crippen LogP contribution >= 0.6 is 0 Å². The summed E-state index contributed by atoms with van der Waals surface area (Å²) < 4.78 is 0. The average molecular weight is 268 g/mol. The molecule has 0 aromatic heterocycles. The molecule has 0 amide bonds. The van der Waals surface area contributed by atoms with Gasteiger partial charge >= 0.3 is 0 Å². The normalized spacial score (nSPS) is 17.8. The van der Waals surface area contributed by atoms with E-state index in [0.29, 0.717) is 0 Å². The SMILES string of the molecule is CC(C)CCCCCCCCCN1CCCCCC1. The lowest BCUT2D eigenvalue weighted by molar-refractivity contribution is 0.277. The summed E-state index contributed by atoms with van der Waals surface area (Å²) in [7, 11) is 0. The van der Waals surface area contributed by atoms with E-state index in [9.17, 15) is 0 Å². The van der Waals surface area contributed by atoms with Gasteiger partial charge in [0.1, 0.15) is 0 Å². The number of hydrogen-bond acceptors (Lipinski definition) is 1. The third-order valence-corrected chi connectivity index (χ3v) is 4.45. The second-order valence-electron chi connectivity index (χ2n) is 6.91. The van der Waals surface area contributed by atoms with Gasteiger partial charge < -0.3 is 4.90 Å². The molecule has 1 heterocycles. The minimum absolute atomic E-state index is 0.897. The highest BCUT2D eigenvalue weighted by molar-refractivity contribution is 4.63. The Kier molecular flexibility index (Phi) is 10.5. The van der Waals surface area contributed by atoms with Crippen LogP contribution in [-0.4, -0.2) is 24.5 Å². The van der Waals surface area contributed by atoms with Gasteiger partial charge in [0.2, 0.25) is 0 Å². The molecule has 1 saturated heterocycles. The van der Waals surface area contributed by atoms with Crippen molar-refractivity contribution in [2.45, 2.75) is 90.9 Å². The Balaban J connectivity index is 1.80. The molecule has 1 aliphatic heterocycles. The lowest BCUT2D eigenvalue weighted by Gasteiger charge is -2.19. The summed E-state index contributed by atoms with van der Waals surface area (Å²) in [6.07, 6.45) is 17.5. The molecule has 0 saturated carbocycles. The molecule has 1 fully saturated rings. The molecule has 0 aromatic carbocycles. The van der Waals surface area contributed by atoms with Gasteiger partial charge in [-0.15, -0.1) is 0 Å². The topological polar surface area (TPSA) is 3.24 Å². The lowest BCUT2D eigenvalue weighted by Crippen LogP contribution is -2.25. The van der Waals surface area contributed by atoms with E-state index in [1.165, 1.54) is 96.7 Å². The fourth-order valence-electron chi connectivity index (χ4n) is 3.13. The molecule has 114 valence electrons. The highest BCUT2D eigenvalue weighted by atomic mass is 15.1. The molecule has 1 rings (SSSR count). The molecule has 1 aliphatic rings. The maximum atomic E-state index is 2.70. The zero-order chi connectivity index (χ0) is 13.8. The quantitative estimate of drug-likeness (QED) is 0.463. The van der Waals surface area contributed by atoms with Crippen LogP contribution in [0.15, 0.2) is 0 Å². The average Bonchev–Trinajstić information content (AvgIpc) is 2.65. The number of nitrogens with zero attached hydrogens (tertiary/aromatic N) is 1. The Morgan fingerprint density at radius 2 is 1.21 bits per heavy atom. The van der Waals surface area contributed by atoms with Crippen LogP contribution < -0.4 is 0 Å². The summed E-state index contributed by atoms with van der Waals surface area (Å²) in [5.74, 6) is 0.897. The van der Waals surface area contributed by atoms with Gasteiger partial charge in [-0.3, -0.25) is 0 Å². The summed E-state index contributed by atoms with van der Waals surface area (Å²) in [5, 5.41) is 0. The highest BCUT2D eigenvalue weighted by Crippen LogP contribution is 2.13. The van der Waals surface area contributed by atoms with Crippen LogP contribution in [0.2, 0.25) is 0 Å². The van der Waals surface area contributed by atoms with Gasteiger partial charge in [0, 0.05) is 0 Å². The first-order valence-corrected chi connectivity index (χ1v) is 9.01. The van der Waals surface area contributed by atoms with E-state index in [0.717, 1.165) is 5.92 Å². The minimum Gasteiger partial charge on any atom is -0.303 e. The van der Waals surface area contributed by atoms with Crippen molar-refractivity contribution >= 4 is 0 Å². The molecule has 0 spiro atoms. The van der Waals surface area contributed by atoms with Gasteiger partial charge in [0.25, 0.3) is 0 Å². The summed E-state index contributed by atoms with van der Waals surface area (Å²) in [6.45, 7) is 8.78. The largest absolute Gasteiger partial charge is 0.303 e. The number of unbranched alkanes of at least 4 members (excludes halogenated alkanes) is 6. The minimum atomic E-state index is 0.897. The van der Waals surface area contributed by atoms with Crippen molar-refractivity contribution in [1.82, 2.24) is 4.90 Å². The van der Waals surface area contributed by atoms with Gasteiger partial charge in [0.15, 0.2) is 0 Å². The van der Waals surface area contributed by atoms with Crippen molar-refractivity contribution in [3.8, 4) is 0 Å². The summed E-state index contributed by atoms with van der Waals surface area (Å²) in [5.41, 5.74) is 0. The van der Waals surface area contributed by atoms with Crippen molar-refractivity contribution in [1.29, 1.82) is 0 Å². The van der Waals surface area contributed by atoms with Crippen LogP contribution in [0.5, 0.6) is 0 Å². The Morgan fingerprint density at radius 3 is 1.79 bits per heavy atom. The van der Waals surface area contributed by atoms with Crippen LogP contribution in [0, 0.1) is 5.92 Å². The Morgan fingerprint density at radius 1 is 0.684 bits per heavy atom. The molecule has 19 heavy (non-hydrogen) atoms. The zero-order valence-corrected chi connectivity index (χ0v) is 13.6. The van der Waals surface area contributed by atoms with Gasteiger partial charge in [-0.1, -0.05) is 71.6 Å². The molecule has 1 heteroatoms. The van der Waals surface area contributed by atoms with Crippen LogP contribution in [0.1, 0.15) is 90.9 Å². The smallest absolute Gasteiger partial charge is 0.00187 e. The first-order valence-electron chi connectivity index (χ1n) is 9.01. The number of likely N-dealkylation sites (tertiary alicyclic amines) is 1. The van der Waals surface area contributed by atoms with Gasteiger partial charge in [0.05, 0.1) is 0 Å². The lowest BCUT2D eigenvalue weighted by atomic mass is 10.0. The summed E-state index contributed by atoms with van der Waals surface area (Å²) in [4.78, 5) is 2.70. The maximum Gasteiger partial charge on any atom is -0.00187 e. The third-order valence-electron chi connectivity index (χ3n) is 4.45. The highest BCUT2D eigenvalue weighted by Gasteiger charge is 2.07. The molecular formula is C18H37N. The second kappa shape index (κ2) is 11.8. The molecule has 0 aliphatic carbocycles. The molecule has 0 atom stereocenters. The van der Waals surface area contributed by atoms with Crippen molar-refractivity contribution in [2.75, 3.05) is 19.6 Å². The fraction of sp³-hybridized carbons (Fsp3) is 1.00. The van der Waals surface area contributed by atoms with Crippen LogP contribution in [0.25, 0.3) is 0 Å². The third kappa shape index (κ3) is 10.4.